The second kappa shape index (κ2) is 6.90. The molecule has 0 aliphatic heterocycles. The van der Waals surface area contributed by atoms with Crippen molar-refractivity contribution in [2.45, 2.75) is 6.61 Å². The summed E-state index contributed by atoms with van der Waals surface area (Å²) >= 11 is 6.06. The van der Waals surface area contributed by atoms with Crippen molar-refractivity contribution in [3.05, 3.63) is 70.5 Å². The van der Waals surface area contributed by atoms with Crippen LogP contribution in [0.25, 0.3) is 6.08 Å². The maximum absolute atomic E-state index is 13.0. The van der Waals surface area contributed by atoms with Crippen molar-refractivity contribution in [2.24, 2.45) is 0 Å². The van der Waals surface area contributed by atoms with Crippen molar-refractivity contribution in [3.63, 3.8) is 0 Å². The molecule has 2 aromatic rings. The Bertz CT molecular complexity index is 683. The van der Waals surface area contributed by atoms with Gasteiger partial charge in [0.2, 0.25) is 0 Å². The number of ether oxygens (including phenoxy) is 1. The molecule has 0 aliphatic rings. The Hall–Kier alpha value is -2.33. The second-order valence-electron chi connectivity index (χ2n) is 4.28. The number of hydrogen-bond acceptors (Lipinski definition) is 2. The van der Waals surface area contributed by atoms with Crippen molar-refractivity contribution in [1.29, 1.82) is 0 Å². The van der Waals surface area contributed by atoms with E-state index >= 15 is 0 Å². The van der Waals surface area contributed by atoms with Gasteiger partial charge in [-0.15, -0.1) is 0 Å². The lowest BCUT2D eigenvalue weighted by molar-refractivity contribution is -0.131. The third-order valence-electron chi connectivity index (χ3n) is 2.66. The second-order valence-corrected chi connectivity index (χ2v) is 4.69. The lowest BCUT2D eigenvalue weighted by Crippen LogP contribution is -1.96. The first-order valence-corrected chi connectivity index (χ1v) is 6.50. The molecule has 2 aromatic carbocycles. The fourth-order valence-electron chi connectivity index (χ4n) is 1.69. The molecule has 0 atom stereocenters. The lowest BCUT2D eigenvalue weighted by atomic mass is 10.2. The molecule has 0 saturated carbocycles. The quantitative estimate of drug-likeness (QED) is 0.844. The normalized spacial score (nSPS) is 10.8. The van der Waals surface area contributed by atoms with E-state index in [2.05, 4.69) is 0 Å². The van der Waals surface area contributed by atoms with E-state index in [0.717, 1.165) is 6.08 Å². The molecule has 0 bridgehead atoms. The van der Waals surface area contributed by atoms with Crippen LogP contribution in [0.1, 0.15) is 11.1 Å². The number of rotatable bonds is 5. The summed E-state index contributed by atoms with van der Waals surface area (Å²) in [4.78, 5) is 10.4. The van der Waals surface area contributed by atoms with Gasteiger partial charge in [-0.3, -0.25) is 0 Å². The van der Waals surface area contributed by atoms with Gasteiger partial charge in [0, 0.05) is 6.08 Å². The zero-order chi connectivity index (χ0) is 15.2. The summed E-state index contributed by atoms with van der Waals surface area (Å²) in [5.74, 6) is -0.901. The Morgan fingerprint density at radius 1 is 1.29 bits per heavy atom. The predicted molar refractivity (Wildman–Crippen MR) is 78.9 cm³/mol. The van der Waals surface area contributed by atoms with E-state index in [1.54, 1.807) is 30.3 Å². The SMILES string of the molecule is O=C(O)/C=C\c1ccc(OCc2cccc(F)c2)c(Cl)c1. The van der Waals surface area contributed by atoms with Gasteiger partial charge in [-0.05, 0) is 41.5 Å². The average molecular weight is 307 g/mol. The van der Waals surface area contributed by atoms with Crippen LogP contribution in [-0.2, 0) is 11.4 Å². The average Bonchev–Trinajstić information content (AvgIpc) is 2.44. The smallest absolute Gasteiger partial charge is 0.328 e. The minimum absolute atomic E-state index is 0.196. The van der Waals surface area contributed by atoms with Crippen molar-refractivity contribution in [1.82, 2.24) is 0 Å². The van der Waals surface area contributed by atoms with Gasteiger partial charge in [-0.2, -0.15) is 0 Å². The van der Waals surface area contributed by atoms with Gasteiger partial charge < -0.3 is 9.84 Å². The molecule has 0 heterocycles. The Kier molecular flexibility index (Phi) is 4.95. The van der Waals surface area contributed by atoms with Gasteiger partial charge in [-0.25, -0.2) is 9.18 Å². The highest BCUT2D eigenvalue weighted by Crippen LogP contribution is 2.26. The molecule has 108 valence electrons. The van der Waals surface area contributed by atoms with Crippen molar-refractivity contribution in [3.8, 4) is 5.75 Å². The number of halogens is 2. The van der Waals surface area contributed by atoms with Gasteiger partial charge >= 0.3 is 5.97 Å². The van der Waals surface area contributed by atoms with Gasteiger partial charge in [0.15, 0.2) is 0 Å². The van der Waals surface area contributed by atoms with E-state index < -0.39 is 5.97 Å². The monoisotopic (exact) mass is 306 g/mol. The maximum Gasteiger partial charge on any atom is 0.328 e. The fourth-order valence-corrected chi connectivity index (χ4v) is 1.94. The van der Waals surface area contributed by atoms with Crippen LogP contribution < -0.4 is 4.74 Å². The molecular formula is C16H12ClFO3. The molecule has 21 heavy (non-hydrogen) atoms. The van der Waals surface area contributed by atoms with Gasteiger partial charge in [0.05, 0.1) is 5.02 Å². The molecule has 0 fully saturated rings. The summed E-state index contributed by atoms with van der Waals surface area (Å²) in [5, 5.41) is 8.92. The van der Waals surface area contributed by atoms with E-state index in [4.69, 9.17) is 21.4 Å². The molecule has 0 aliphatic carbocycles. The molecule has 0 radical (unpaired) electrons. The van der Waals surface area contributed by atoms with Crippen molar-refractivity contribution >= 4 is 23.6 Å². The van der Waals surface area contributed by atoms with E-state index in [1.807, 2.05) is 0 Å². The molecule has 3 nitrogen and oxygen atoms in total. The Morgan fingerprint density at radius 3 is 2.76 bits per heavy atom. The molecule has 0 unspecified atom stereocenters. The number of carboxylic acids is 1. The highest BCUT2D eigenvalue weighted by Gasteiger charge is 2.03. The van der Waals surface area contributed by atoms with Crippen molar-refractivity contribution in [2.75, 3.05) is 0 Å². The molecule has 5 heteroatoms. The summed E-state index contributed by atoms with van der Waals surface area (Å²) in [6.07, 6.45) is 2.46. The number of carbonyl (C=O) groups is 1. The molecule has 1 N–H and O–H groups in total. The molecule has 0 amide bonds. The number of aliphatic carboxylic acids is 1. The third kappa shape index (κ3) is 4.61. The van der Waals surface area contributed by atoms with Crippen LogP contribution in [0.5, 0.6) is 5.75 Å². The third-order valence-corrected chi connectivity index (χ3v) is 2.95. The first kappa shape index (κ1) is 15.1. The molecular weight excluding hydrogens is 295 g/mol. The lowest BCUT2D eigenvalue weighted by Gasteiger charge is -2.08. The largest absolute Gasteiger partial charge is 0.487 e. The molecule has 2 rings (SSSR count). The number of benzene rings is 2. The zero-order valence-electron chi connectivity index (χ0n) is 10.9. The van der Waals surface area contributed by atoms with Crippen LogP contribution in [-0.4, -0.2) is 11.1 Å². The predicted octanol–water partition coefficient (Wildman–Crippen LogP) is 4.16. The minimum atomic E-state index is -1.03. The summed E-state index contributed by atoms with van der Waals surface area (Å²) in [6.45, 7) is 0.196. The van der Waals surface area contributed by atoms with Gasteiger partial charge in [0.25, 0.3) is 0 Å². The minimum Gasteiger partial charge on any atom is -0.487 e. The van der Waals surface area contributed by atoms with E-state index in [-0.39, 0.29) is 12.4 Å². The Morgan fingerprint density at radius 2 is 2.10 bits per heavy atom. The first-order chi connectivity index (χ1) is 10.0. The topological polar surface area (TPSA) is 46.5 Å². The standard InChI is InChI=1S/C16H12ClFO3/c17-14-9-11(5-7-16(19)20)4-6-15(14)21-10-12-2-1-3-13(18)8-12/h1-9H,10H2,(H,19,20)/b7-5-. The highest BCUT2D eigenvalue weighted by molar-refractivity contribution is 6.32. The maximum atomic E-state index is 13.0. The summed E-state index contributed by atoms with van der Waals surface area (Å²) < 4.78 is 18.6. The van der Waals surface area contributed by atoms with Gasteiger partial charge in [-0.1, -0.05) is 29.8 Å². The summed E-state index contributed by atoms with van der Waals surface area (Å²) in [6, 6.07) is 11.0. The van der Waals surface area contributed by atoms with Crippen LogP contribution in [0, 0.1) is 5.82 Å². The van der Waals surface area contributed by atoms with Crippen LogP contribution >= 0.6 is 11.6 Å². The summed E-state index contributed by atoms with van der Waals surface area (Å²) in [7, 11) is 0. The summed E-state index contributed by atoms with van der Waals surface area (Å²) in [5.41, 5.74) is 1.35. The Balaban J connectivity index is 2.06. The fraction of sp³-hybridized carbons (Fsp3) is 0.0625. The molecule has 0 saturated heterocycles. The number of carboxylic acid groups (broad SMARTS) is 1. The highest BCUT2D eigenvalue weighted by atomic mass is 35.5. The van der Waals surface area contributed by atoms with Crippen LogP contribution in [0.15, 0.2) is 48.5 Å². The molecule has 0 spiro atoms. The van der Waals surface area contributed by atoms with E-state index in [0.29, 0.717) is 21.9 Å². The molecule has 0 aromatic heterocycles. The van der Waals surface area contributed by atoms with Crippen LogP contribution in [0.4, 0.5) is 4.39 Å². The van der Waals surface area contributed by atoms with Crippen molar-refractivity contribution < 1.29 is 19.0 Å². The number of hydrogen-bond donors (Lipinski definition) is 1. The van der Waals surface area contributed by atoms with Gasteiger partial charge in [0.1, 0.15) is 18.2 Å². The zero-order valence-corrected chi connectivity index (χ0v) is 11.7. The Labute approximate surface area is 126 Å². The van der Waals surface area contributed by atoms with E-state index in [9.17, 15) is 9.18 Å². The first-order valence-electron chi connectivity index (χ1n) is 6.12. The van der Waals surface area contributed by atoms with E-state index in [1.165, 1.54) is 18.2 Å². The van der Waals surface area contributed by atoms with Crippen LogP contribution in [0.3, 0.4) is 0 Å². The van der Waals surface area contributed by atoms with Crippen LogP contribution in [0.2, 0.25) is 5.02 Å².